The first-order valence-electron chi connectivity index (χ1n) is 6.20. The van der Waals surface area contributed by atoms with E-state index in [1.165, 1.54) is 4.31 Å². The second kappa shape index (κ2) is 5.19. The molecule has 0 bridgehead atoms. The smallest absolute Gasteiger partial charge is 0.279 e. The molecule has 0 radical (unpaired) electrons. The van der Waals surface area contributed by atoms with E-state index in [-0.39, 0.29) is 6.54 Å². The number of β-amino-alcohol motifs (C(OH)–C–C–N with tert-alkyl or cyclic N) is 1. The fourth-order valence-corrected chi connectivity index (χ4v) is 3.68. The van der Waals surface area contributed by atoms with Crippen molar-refractivity contribution < 1.29 is 13.5 Å². The Bertz CT molecular complexity index is 346. The van der Waals surface area contributed by atoms with E-state index in [4.69, 9.17) is 0 Å². The predicted octanol–water partition coefficient (Wildman–Crippen LogP) is -0.969. The van der Waals surface area contributed by atoms with Crippen molar-refractivity contribution in [2.75, 3.05) is 32.7 Å². The van der Waals surface area contributed by atoms with Crippen molar-refractivity contribution in [2.24, 2.45) is 0 Å². The average Bonchev–Trinajstić information content (AvgIpc) is 2.76. The zero-order valence-electron chi connectivity index (χ0n) is 9.98. The third-order valence-corrected chi connectivity index (χ3v) is 5.01. The van der Waals surface area contributed by atoms with Crippen molar-refractivity contribution in [3.8, 4) is 0 Å². The highest BCUT2D eigenvalue weighted by Crippen LogP contribution is 2.15. The standard InChI is InChI=1S/C10H21N3O3S/c14-10(4-5-11-8-10)9-12-17(15,16)13-6-2-1-3-7-13/h11-12,14H,1-9H2. The fraction of sp³-hybridized carbons (Fsp3) is 1.00. The van der Waals surface area contributed by atoms with Crippen molar-refractivity contribution >= 4 is 10.2 Å². The second-order valence-corrected chi connectivity index (χ2v) is 6.69. The van der Waals surface area contributed by atoms with Crippen molar-refractivity contribution in [3.63, 3.8) is 0 Å². The number of nitrogens with zero attached hydrogens (tertiary/aromatic N) is 1. The molecule has 7 heteroatoms. The fourth-order valence-electron chi connectivity index (χ4n) is 2.30. The number of hydrogen-bond acceptors (Lipinski definition) is 4. The number of aliphatic hydroxyl groups is 1. The molecule has 17 heavy (non-hydrogen) atoms. The SMILES string of the molecule is O=S(=O)(NCC1(O)CCNC1)N1CCCCC1. The summed E-state index contributed by atoms with van der Waals surface area (Å²) >= 11 is 0. The van der Waals surface area contributed by atoms with Crippen molar-refractivity contribution in [3.05, 3.63) is 0 Å². The molecule has 2 rings (SSSR count). The summed E-state index contributed by atoms with van der Waals surface area (Å²) in [6.45, 7) is 2.47. The maximum absolute atomic E-state index is 12.0. The third-order valence-electron chi connectivity index (χ3n) is 3.46. The molecule has 2 aliphatic heterocycles. The zero-order valence-corrected chi connectivity index (χ0v) is 10.8. The molecule has 0 aromatic rings. The Morgan fingerprint density at radius 2 is 2.00 bits per heavy atom. The first kappa shape index (κ1) is 13.2. The molecule has 1 atom stereocenters. The molecule has 6 nitrogen and oxygen atoms in total. The van der Waals surface area contributed by atoms with Gasteiger partial charge in [0.15, 0.2) is 0 Å². The van der Waals surface area contributed by atoms with Gasteiger partial charge in [0.25, 0.3) is 10.2 Å². The van der Waals surface area contributed by atoms with Crippen molar-refractivity contribution in [2.45, 2.75) is 31.3 Å². The average molecular weight is 263 g/mol. The van der Waals surface area contributed by atoms with Crippen LogP contribution in [0, 0.1) is 0 Å². The highest BCUT2D eigenvalue weighted by molar-refractivity contribution is 7.87. The Morgan fingerprint density at radius 1 is 1.29 bits per heavy atom. The lowest BCUT2D eigenvalue weighted by atomic mass is 10.1. The highest BCUT2D eigenvalue weighted by Gasteiger charge is 2.33. The molecule has 3 N–H and O–H groups in total. The minimum atomic E-state index is -3.41. The van der Waals surface area contributed by atoms with Gasteiger partial charge >= 0.3 is 0 Å². The Labute approximate surface area is 103 Å². The van der Waals surface area contributed by atoms with Crippen LogP contribution in [0.5, 0.6) is 0 Å². The number of rotatable bonds is 4. The summed E-state index contributed by atoms with van der Waals surface area (Å²) in [7, 11) is -3.41. The van der Waals surface area contributed by atoms with Crippen LogP contribution < -0.4 is 10.0 Å². The van der Waals surface area contributed by atoms with E-state index in [1.54, 1.807) is 0 Å². The lowest BCUT2D eigenvalue weighted by Gasteiger charge is -2.28. The maximum Gasteiger partial charge on any atom is 0.279 e. The first-order valence-corrected chi connectivity index (χ1v) is 7.64. The van der Waals surface area contributed by atoms with Gasteiger partial charge in [0, 0.05) is 26.2 Å². The van der Waals surface area contributed by atoms with Gasteiger partial charge in [0.1, 0.15) is 0 Å². The summed E-state index contributed by atoms with van der Waals surface area (Å²) in [5, 5.41) is 13.1. The molecule has 2 heterocycles. The minimum absolute atomic E-state index is 0.0961. The lowest BCUT2D eigenvalue weighted by molar-refractivity contribution is 0.0662. The van der Waals surface area contributed by atoms with Crippen LogP contribution in [-0.4, -0.2) is 56.2 Å². The summed E-state index contributed by atoms with van der Waals surface area (Å²) in [5.41, 5.74) is -0.928. The molecule has 2 saturated heterocycles. The molecule has 0 aromatic carbocycles. The van der Waals surface area contributed by atoms with Crippen LogP contribution in [0.15, 0.2) is 0 Å². The Kier molecular flexibility index (Phi) is 4.04. The monoisotopic (exact) mass is 263 g/mol. The summed E-state index contributed by atoms with van der Waals surface area (Å²) in [6.07, 6.45) is 3.54. The predicted molar refractivity (Wildman–Crippen MR) is 64.8 cm³/mol. The van der Waals surface area contributed by atoms with E-state index in [1.807, 2.05) is 0 Å². The molecule has 0 aliphatic carbocycles. The van der Waals surface area contributed by atoms with Gasteiger partial charge in [-0.3, -0.25) is 0 Å². The number of piperidine rings is 1. The number of hydrogen-bond donors (Lipinski definition) is 3. The van der Waals surface area contributed by atoms with Crippen molar-refractivity contribution in [1.82, 2.24) is 14.3 Å². The molecule has 2 fully saturated rings. The molecule has 100 valence electrons. The Morgan fingerprint density at radius 3 is 2.59 bits per heavy atom. The van der Waals surface area contributed by atoms with Crippen LogP contribution in [0.3, 0.4) is 0 Å². The van der Waals surface area contributed by atoms with Crippen LogP contribution >= 0.6 is 0 Å². The van der Waals surface area contributed by atoms with E-state index >= 15 is 0 Å². The zero-order chi connectivity index (χ0) is 12.4. The van der Waals surface area contributed by atoms with Crippen LogP contribution in [0.4, 0.5) is 0 Å². The molecule has 0 saturated carbocycles. The Balaban J connectivity index is 1.88. The largest absolute Gasteiger partial charge is 0.387 e. The second-order valence-electron chi connectivity index (χ2n) is 4.94. The van der Waals surface area contributed by atoms with Gasteiger partial charge in [-0.05, 0) is 25.8 Å². The van der Waals surface area contributed by atoms with Crippen molar-refractivity contribution in [1.29, 1.82) is 0 Å². The topological polar surface area (TPSA) is 81.7 Å². The van der Waals surface area contributed by atoms with E-state index in [2.05, 4.69) is 10.0 Å². The van der Waals surface area contributed by atoms with Gasteiger partial charge in [0.05, 0.1) is 5.60 Å². The summed E-state index contributed by atoms with van der Waals surface area (Å²) in [5.74, 6) is 0. The third kappa shape index (κ3) is 3.38. The van der Waals surface area contributed by atoms with Gasteiger partial charge in [-0.1, -0.05) is 6.42 Å². The van der Waals surface area contributed by atoms with E-state index < -0.39 is 15.8 Å². The van der Waals surface area contributed by atoms with Gasteiger partial charge in [-0.15, -0.1) is 0 Å². The lowest BCUT2D eigenvalue weighted by Crippen LogP contribution is -2.50. The normalized spacial score (nSPS) is 31.8. The van der Waals surface area contributed by atoms with Gasteiger partial charge < -0.3 is 10.4 Å². The highest BCUT2D eigenvalue weighted by atomic mass is 32.2. The minimum Gasteiger partial charge on any atom is -0.387 e. The Hall–Kier alpha value is -0.210. The van der Waals surface area contributed by atoms with Gasteiger partial charge in [0.2, 0.25) is 0 Å². The molecule has 1 unspecified atom stereocenters. The van der Waals surface area contributed by atoms with Gasteiger partial charge in [-0.25, -0.2) is 0 Å². The summed E-state index contributed by atoms with van der Waals surface area (Å²) < 4.78 is 27.9. The molecular weight excluding hydrogens is 242 g/mol. The quantitative estimate of drug-likeness (QED) is 0.609. The van der Waals surface area contributed by atoms with E-state index in [0.717, 1.165) is 25.8 Å². The van der Waals surface area contributed by atoms with Crippen LogP contribution in [0.2, 0.25) is 0 Å². The maximum atomic E-state index is 12.0. The molecule has 0 amide bonds. The van der Waals surface area contributed by atoms with Crippen LogP contribution in [-0.2, 0) is 10.2 Å². The van der Waals surface area contributed by atoms with Crippen LogP contribution in [0.1, 0.15) is 25.7 Å². The van der Waals surface area contributed by atoms with E-state index in [0.29, 0.717) is 26.1 Å². The van der Waals surface area contributed by atoms with Gasteiger partial charge in [-0.2, -0.15) is 17.4 Å². The molecule has 0 spiro atoms. The summed E-state index contributed by atoms with van der Waals surface area (Å²) in [6, 6.07) is 0. The first-order chi connectivity index (χ1) is 8.02. The number of nitrogens with one attached hydrogen (secondary N) is 2. The van der Waals surface area contributed by atoms with E-state index in [9.17, 15) is 13.5 Å². The van der Waals surface area contributed by atoms with Crippen LogP contribution in [0.25, 0.3) is 0 Å². The summed E-state index contributed by atoms with van der Waals surface area (Å²) in [4.78, 5) is 0. The molecular formula is C10H21N3O3S. The molecule has 0 aromatic heterocycles. The molecule has 2 aliphatic rings.